The number of halogens is 4. The summed E-state index contributed by atoms with van der Waals surface area (Å²) in [5.74, 6) is -0.127. The van der Waals surface area contributed by atoms with Crippen molar-refractivity contribution in [2.75, 3.05) is 10.6 Å². The molecule has 35 heavy (non-hydrogen) atoms. The van der Waals surface area contributed by atoms with E-state index in [0.717, 1.165) is 23.9 Å². The Morgan fingerprint density at radius 3 is 2.46 bits per heavy atom. The molecule has 0 saturated heterocycles. The molecule has 0 bridgehead atoms. The first-order chi connectivity index (χ1) is 16.9. The van der Waals surface area contributed by atoms with E-state index in [4.69, 9.17) is 0 Å². The van der Waals surface area contributed by atoms with Crippen molar-refractivity contribution in [2.24, 2.45) is 4.99 Å². The minimum atomic E-state index is -4.41. The fourth-order valence-corrected chi connectivity index (χ4v) is 3.10. The summed E-state index contributed by atoms with van der Waals surface area (Å²) in [7, 11) is 0. The van der Waals surface area contributed by atoms with Crippen LogP contribution in [-0.2, 0) is 19.3 Å². The molecule has 0 saturated carbocycles. The first kappa shape index (κ1) is 23.8. The Morgan fingerprint density at radius 1 is 0.886 bits per heavy atom. The molecule has 2 aromatic carbocycles. The molecule has 10 heteroatoms. The summed E-state index contributed by atoms with van der Waals surface area (Å²) in [4.78, 5) is 16.6. The van der Waals surface area contributed by atoms with Crippen LogP contribution < -0.4 is 10.6 Å². The maximum absolute atomic E-state index is 14.0. The monoisotopic (exact) mass is 480 g/mol. The van der Waals surface area contributed by atoms with E-state index in [1.54, 1.807) is 12.1 Å². The SMILES string of the molecule is Fc1cnc(CN=Cc2ccc(Nc3cccc(C(F)(F)F)c3)cn2)nc1NCc1ccccc1. The molecule has 0 aliphatic heterocycles. The predicted molar refractivity (Wildman–Crippen MR) is 126 cm³/mol. The lowest BCUT2D eigenvalue weighted by Crippen LogP contribution is -2.06. The van der Waals surface area contributed by atoms with Crippen molar-refractivity contribution in [3.63, 3.8) is 0 Å². The Labute approximate surface area is 198 Å². The van der Waals surface area contributed by atoms with Crippen LogP contribution in [0.4, 0.5) is 34.8 Å². The van der Waals surface area contributed by atoms with Crippen LogP contribution in [0.2, 0.25) is 0 Å². The van der Waals surface area contributed by atoms with Crippen LogP contribution in [0.3, 0.4) is 0 Å². The van der Waals surface area contributed by atoms with Crippen LogP contribution in [-0.4, -0.2) is 21.2 Å². The molecule has 0 unspecified atom stereocenters. The Hall–Kier alpha value is -4.34. The van der Waals surface area contributed by atoms with Gasteiger partial charge in [0.1, 0.15) is 0 Å². The number of alkyl halides is 3. The van der Waals surface area contributed by atoms with Crippen molar-refractivity contribution in [2.45, 2.75) is 19.3 Å². The highest BCUT2D eigenvalue weighted by molar-refractivity contribution is 5.77. The second-order valence-corrected chi connectivity index (χ2v) is 7.47. The fourth-order valence-electron chi connectivity index (χ4n) is 3.10. The molecule has 0 amide bonds. The van der Waals surface area contributed by atoms with Gasteiger partial charge in [0.15, 0.2) is 17.5 Å². The third-order valence-corrected chi connectivity index (χ3v) is 4.82. The summed E-state index contributed by atoms with van der Waals surface area (Å²) in [6.45, 7) is 0.536. The van der Waals surface area contributed by atoms with Gasteiger partial charge < -0.3 is 10.6 Å². The van der Waals surface area contributed by atoms with Gasteiger partial charge >= 0.3 is 6.18 Å². The summed E-state index contributed by atoms with van der Waals surface area (Å²) in [6.07, 6.45) is -0.319. The van der Waals surface area contributed by atoms with Crippen molar-refractivity contribution in [1.82, 2.24) is 15.0 Å². The van der Waals surface area contributed by atoms with E-state index in [9.17, 15) is 17.6 Å². The zero-order chi connectivity index (χ0) is 24.7. The second-order valence-electron chi connectivity index (χ2n) is 7.47. The van der Waals surface area contributed by atoms with Crippen LogP contribution in [0.25, 0.3) is 0 Å². The van der Waals surface area contributed by atoms with E-state index in [-0.39, 0.29) is 12.4 Å². The van der Waals surface area contributed by atoms with Gasteiger partial charge in [-0.2, -0.15) is 13.2 Å². The Morgan fingerprint density at radius 2 is 1.71 bits per heavy atom. The van der Waals surface area contributed by atoms with Gasteiger partial charge in [-0.1, -0.05) is 36.4 Å². The molecule has 0 aliphatic carbocycles. The molecular weight excluding hydrogens is 460 g/mol. The molecule has 0 aliphatic rings. The third-order valence-electron chi connectivity index (χ3n) is 4.82. The van der Waals surface area contributed by atoms with Gasteiger partial charge in [0, 0.05) is 18.4 Å². The van der Waals surface area contributed by atoms with Gasteiger partial charge in [-0.15, -0.1) is 0 Å². The van der Waals surface area contributed by atoms with Crippen LogP contribution in [0.5, 0.6) is 0 Å². The summed E-state index contributed by atoms with van der Waals surface area (Å²) in [5, 5.41) is 5.85. The summed E-state index contributed by atoms with van der Waals surface area (Å²) in [6, 6.07) is 17.8. The van der Waals surface area contributed by atoms with Gasteiger partial charge in [0.25, 0.3) is 0 Å². The number of nitrogens with zero attached hydrogens (tertiary/aromatic N) is 4. The molecule has 0 fully saturated rings. The van der Waals surface area contributed by atoms with E-state index in [2.05, 4.69) is 30.6 Å². The van der Waals surface area contributed by atoms with Crippen LogP contribution in [0, 0.1) is 5.82 Å². The Bertz CT molecular complexity index is 1290. The molecule has 6 nitrogen and oxygen atoms in total. The summed E-state index contributed by atoms with van der Waals surface area (Å²) in [5.41, 5.74) is 1.61. The predicted octanol–water partition coefficient (Wildman–Crippen LogP) is 6.00. The van der Waals surface area contributed by atoms with E-state index in [1.165, 1.54) is 24.5 Å². The lowest BCUT2D eigenvalue weighted by molar-refractivity contribution is -0.137. The topological polar surface area (TPSA) is 75.1 Å². The minimum absolute atomic E-state index is 0.0946. The van der Waals surface area contributed by atoms with Gasteiger partial charge in [-0.25, -0.2) is 14.4 Å². The van der Waals surface area contributed by atoms with Crippen molar-refractivity contribution < 1.29 is 17.6 Å². The van der Waals surface area contributed by atoms with Crippen molar-refractivity contribution in [1.29, 1.82) is 0 Å². The molecule has 0 spiro atoms. The summed E-state index contributed by atoms with van der Waals surface area (Å²) >= 11 is 0. The van der Waals surface area contributed by atoms with Crippen LogP contribution in [0.1, 0.15) is 22.6 Å². The van der Waals surface area contributed by atoms with E-state index in [0.29, 0.717) is 29.4 Å². The first-order valence-electron chi connectivity index (χ1n) is 10.6. The molecule has 0 radical (unpaired) electrons. The van der Waals surface area contributed by atoms with E-state index in [1.807, 2.05) is 30.3 Å². The highest BCUT2D eigenvalue weighted by atomic mass is 19.4. The molecule has 2 heterocycles. The largest absolute Gasteiger partial charge is 0.416 e. The second kappa shape index (κ2) is 10.7. The van der Waals surface area contributed by atoms with Crippen molar-refractivity contribution in [3.05, 3.63) is 108 Å². The van der Waals surface area contributed by atoms with Crippen LogP contribution >= 0.6 is 0 Å². The van der Waals surface area contributed by atoms with Gasteiger partial charge in [0.05, 0.1) is 35.9 Å². The molecule has 2 N–H and O–H groups in total. The average molecular weight is 480 g/mol. The van der Waals surface area contributed by atoms with E-state index < -0.39 is 17.6 Å². The summed E-state index contributed by atoms with van der Waals surface area (Å²) < 4.78 is 52.6. The number of pyridine rings is 1. The molecule has 4 aromatic rings. The highest BCUT2D eigenvalue weighted by Crippen LogP contribution is 2.31. The zero-order valence-corrected chi connectivity index (χ0v) is 18.3. The number of benzene rings is 2. The minimum Gasteiger partial charge on any atom is -0.363 e. The normalized spacial score (nSPS) is 11.5. The molecule has 4 rings (SSSR count). The smallest absolute Gasteiger partial charge is 0.363 e. The number of hydrogen-bond donors (Lipinski definition) is 2. The standard InChI is InChI=1S/C25H20F4N6/c26-22-15-32-23(35-24(22)33-12-17-5-2-1-3-6-17)16-30-13-20-9-10-21(14-31-20)34-19-8-4-7-18(11-19)25(27,28)29/h1-11,13-15,34H,12,16H2,(H,32,33,35). The maximum atomic E-state index is 14.0. The van der Waals surface area contributed by atoms with Crippen molar-refractivity contribution >= 4 is 23.4 Å². The number of rotatable bonds is 8. The van der Waals surface area contributed by atoms with Gasteiger partial charge in [-0.05, 0) is 35.9 Å². The Balaban J connectivity index is 1.34. The number of nitrogens with one attached hydrogen (secondary N) is 2. The highest BCUT2D eigenvalue weighted by Gasteiger charge is 2.30. The molecule has 0 atom stereocenters. The van der Waals surface area contributed by atoms with Crippen molar-refractivity contribution in [3.8, 4) is 0 Å². The van der Waals surface area contributed by atoms with Gasteiger partial charge in [0.2, 0.25) is 0 Å². The number of aliphatic imine (C=N–C) groups is 1. The molecular formula is C25H20F4N6. The lowest BCUT2D eigenvalue weighted by Gasteiger charge is -2.10. The first-order valence-corrected chi connectivity index (χ1v) is 10.6. The number of aromatic nitrogens is 3. The molecule has 178 valence electrons. The molecule has 2 aromatic heterocycles. The van der Waals surface area contributed by atoms with Gasteiger partial charge in [-0.3, -0.25) is 9.98 Å². The number of hydrogen-bond acceptors (Lipinski definition) is 6. The quantitative estimate of drug-likeness (QED) is 0.239. The lowest BCUT2D eigenvalue weighted by atomic mass is 10.2. The fraction of sp³-hybridized carbons (Fsp3) is 0.120. The number of anilines is 3. The third kappa shape index (κ3) is 6.83. The Kier molecular flexibility index (Phi) is 7.30. The zero-order valence-electron chi connectivity index (χ0n) is 18.3. The average Bonchev–Trinajstić information content (AvgIpc) is 2.85. The van der Waals surface area contributed by atoms with E-state index >= 15 is 0 Å². The maximum Gasteiger partial charge on any atom is 0.416 e. The van der Waals surface area contributed by atoms with Crippen LogP contribution in [0.15, 0.2) is 84.1 Å².